The lowest BCUT2D eigenvalue weighted by atomic mass is 9.90. The molecule has 0 radical (unpaired) electrons. The van der Waals surface area contributed by atoms with E-state index in [9.17, 15) is 9.59 Å². The number of primary amides is 1. The lowest BCUT2D eigenvalue weighted by Crippen LogP contribution is -2.38. The van der Waals surface area contributed by atoms with Gasteiger partial charge in [-0.1, -0.05) is 91.0 Å². The van der Waals surface area contributed by atoms with Crippen LogP contribution in [0.25, 0.3) is 0 Å². The first-order valence-electron chi connectivity index (χ1n) is 11.1. The highest BCUT2D eigenvalue weighted by atomic mass is 32.1. The van der Waals surface area contributed by atoms with Crippen molar-refractivity contribution in [1.82, 2.24) is 5.32 Å². The van der Waals surface area contributed by atoms with Crippen LogP contribution in [0.15, 0.2) is 91.0 Å². The molecule has 0 saturated heterocycles. The van der Waals surface area contributed by atoms with E-state index in [1.807, 2.05) is 97.9 Å². The van der Waals surface area contributed by atoms with Crippen molar-refractivity contribution < 1.29 is 9.59 Å². The van der Waals surface area contributed by atoms with E-state index in [-0.39, 0.29) is 11.0 Å². The van der Waals surface area contributed by atoms with Crippen molar-refractivity contribution in [2.24, 2.45) is 5.73 Å². The second-order valence-electron chi connectivity index (χ2n) is 8.08. The standard InChI is InChI=1S/C28H25N3O2S2/c1-18-22(17-19-11-5-2-6-12-19)35-27(23(18)25(29)32)31-28(34)30-26(33)24(20-13-7-3-8-14-20)21-15-9-4-10-16-21/h2-16,24H,17H2,1H3,(H2,29,32)(H2,30,31,33,34). The number of carbonyl (C=O) groups is 2. The Balaban J connectivity index is 1.56. The van der Waals surface area contributed by atoms with E-state index in [1.54, 1.807) is 0 Å². The van der Waals surface area contributed by atoms with Crippen molar-refractivity contribution in [2.75, 3.05) is 5.32 Å². The van der Waals surface area contributed by atoms with Gasteiger partial charge in [0, 0.05) is 11.3 Å². The Morgan fingerprint density at radius 1 is 0.886 bits per heavy atom. The first-order valence-corrected chi connectivity index (χ1v) is 12.3. The third-order valence-electron chi connectivity index (χ3n) is 5.69. The SMILES string of the molecule is Cc1c(Cc2ccccc2)sc(NC(=S)NC(=O)C(c2ccccc2)c2ccccc2)c1C(N)=O. The number of benzene rings is 3. The smallest absolute Gasteiger partial charge is 0.251 e. The molecule has 1 heterocycles. The van der Waals surface area contributed by atoms with Gasteiger partial charge in [-0.15, -0.1) is 11.3 Å². The molecule has 5 nitrogen and oxygen atoms in total. The molecule has 0 aliphatic heterocycles. The zero-order chi connectivity index (χ0) is 24.8. The number of hydrogen-bond donors (Lipinski definition) is 3. The lowest BCUT2D eigenvalue weighted by Gasteiger charge is -2.18. The summed E-state index contributed by atoms with van der Waals surface area (Å²) in [6.45, 7) is 1.88. The fourth-order valence-corrected chi connectivity index (χ4v) is 5.52. The molecule has 0 bridgehead atoms. The fourth-order valence-electron chi connectivity index (χ4n) is 4.00. The summed E-state index contributed by atoms with van der Waals surface area (Å²) in [5.41, 5.74) is 9.74. The molecule has 0 aliphatic carbocycles. The van der Waals surface area contributed by atoms with E-state index in [0.29, 0.717) is 17.0 Å². The monoisotopic (exact) mass is 499 g/mol. The number of thiophene rings is 1. The van der Waals surface area contributed by atoms with E-state index in [2.05, 4.69) is 10.6 Å². The fraction of sp³-hybridized carbons (Fsp3) is 0.107. The van der Waals surface area contributed by atoms with Crippen LogP contribution in [0.4, 0.5) is 5.00 Å². The third kappa shape index (κ3) is 5.82. The molecule has 0 saturated carbocycles. The maximum Gasteiger partial charge on any atom is 0.251 e. The van der Waals surface area contributed by atoms with Gasteiger partial charge in [-0.05, 0) is 41.4 Å². The zero-order valence-corrected chi connectivity index (χ0v) is 20.8. The summed E-state index contributed by atoms with van der Waals surface area (Å²) >= 11 is 6.89. The van der Waals surface area contributed by atoms with Gasteiger partial charge in [0.15, 0.2) is 5.11 Å². The predicted molar refractivity (Wildman–Crippen MR) is 146 cm³/mol. The molecule has 0 fully saturated rings. The second kappa shape index (κ2) is 11.1. The number of nitrogens with one attached hydrogen (secondary N) is 2. The first-order chi connectivity index (χ1) is 16.9. The minimum absolute atomic E-state index is 0.113. The van der Waals surface area contributed by atoms with Gasteiger partial charge in [0.1, 0.15) is 5.00 Å². The molecular formula is C28H25N3O2S2. The Morgan fingerprint density at radius 3 is 1.91 bits per heavy atom. The van der Waals surface area contributed by atoms with Crippen molar-refractivity contribution in [3.63, 3.8) is 0 Å². The Bertz CT molecular complexity index is 1300. The normalized spacial score (nSPS) is 10.7. The van der Waals surface area contributed by atoms with Crippen LogP contribution in [0.5, 0.6) is 0 Å². The van der Waals surface area contributed by atoms with Crippen LogP contribution in [-0.4, -0.2) is 16.9 Å². The van der Waals surface area contributed by atoms with Gasteiger partial charge < -0.3 is 16.4 Å². The van der Waals surface area contributed by atoms with Crippen molar-refractivity contribution in [1.29, 1.82) is 0 Å². The largest absolute Gasteiger partial charge is 0.365 e. The number of anilines is 1. The highest BCUT2D eigenvalue weighted by Gasteiger charge is 2.25. The Labute approximate surface area is 214 Å². The van der Waals surface area contributed by atoms with Gasteiger partial charge in [0.05, 0.1) is 11.5 Å². The summed E-state index contributed by atoms with van der Waals surface area (Å²) in [5.74, 6) is -1.34. The molecule has 4 N–H and O–H groups in total. The predicted octanol–water partition coefficient (Wildman–Crippen LogP) is 5.39. The topological polar surface area (TPSA) is 84.2 Å². The average Bonchev–Trinajstić information content (AvgIpc) is 3.15. The van der Waals surface area contributed by atoms with Crippen LogP contribution >= 0.6 is 23.6 Å². The maximum atomic E-state index is 13.4. The van der Waals surface area contributed by atoms with Gasteiger partial charge in [0.2, 0.25) is 5.91 Å². The summed E-state index contributed by atoms with van der Waals surface area (Å²) in [6.07, 6.45) is 0.669. The van der Waals surface area contributed by atoms with Gasteiger partial charge >= 0.3 is 0 Å². The molecule has 0 atom stereocenters. The number of amides is 2. The van der Waals surface area contributed by atoms with Gasteiger partial charge in [-0.2, -0.15) is 0 Å². The van der Waals surface area contributed by atoms with Crippen LogP contribution < -0.4 is 16.4 Å². The van der Waals surface area contributed by atoms with Crippen LogP contribution in [-0.2, 0) is 11.2 Å². The minimum atomic E-state index is -0.541. The summed E-state index contributed by atoms with van der Waals surface area (Å²) < 4.78 is 0. The Hall–Kier alpha value is -3.81. The average molecular weight is 500 g/mol. The van der Waals surface area contributed by atoms with E-state index >= 15 is 0 Å². The molecule has 1 aromatic heterocycles. The second-order valence-corrected chi connectivity index (χ2v) is 9.59. The van der Waals surface area contributed by atoms with Crippen molar-refractivity contribution >= 4 is 45.5 Å². The van der Waals surface area contributed by atoms with Gasteiger partial charge in [0.25, 0.3) is 5.91 Å². The van der Waals surface area contributed by atoms with Crippen molar-refractivity contribution in [2.45, 2.75) is 19.3 Å². The summed E-state index contributed by atoms with van der Waals surface area (Å²) in [6, 6.07) is 29.1. The summed E-state index contributed by atoms with van der Waals surface area (Å²) in [4.78, 5) is 26.6. The highest BCUT2D eigenvalue weighted by molar-refractivity contribution is 7.80. The van der Waals surface area contributed by atoms with Gasteiger partial charge in [-0.3, -0.25) is 9.59 Å². The maximum absolute atomic E-state index is 13.4. The minimum Gasteiger partial charge on any atom is -0.365 e. The quantitative estimate of drug-likeness (QED) is 0.298. The molecule has 35 heavy (non-hydrogen) atoms. The number of hydrogen-bond acceptors (Lipinski definition) is 4. The number of rotatable bonds is 7. The molecule has 4 rings (SSSR count). The third-order valence-corrected chi connectivity index (χ3v) is 7.10. The van der Waals surface area contributed by atoms with Crippen LogP contribution in [0, 0.1) is 6.92 Å². The molecule has 2 amide bonds. The highest BCUT2D eigenvalue weighted by Crippen LogP contribution is 2.34. The summed E-state index contributed by atoms with van der Waals surface area (Å²) in [5, 5.41) is 6.49. The molecule has 7 heteroatoms. The molecule has 3 aromatic carbocycles. The van der Waals surface area contributed by atoms with Crippen molar-refractivity contribution in [3.8, 4) is 0 Å². The number of thiocarbonyl (C=S) groups is 1. The molecule has 176 valence electrons. The van der Waals surface area contributed by atoms with Crippen LogP contribution in [0.1, 0.15) is 43.4 Å². The van der Waals surface area contributed by atoms with Crippen molar-refractivity contribution in [3.05, 3.63) is 124 Å². The molecule has 0 aliphatic rings. The number of carbonyl (C=O) groups excluding carboxylic acids is 2. The summed E-state index contributed by atoms with van der Waals surface area (Å²) in [7, 11) is 0. The first kappa shape index (κ1) is 24.3. The molecule has 0 unspecified atom stereocenters. The van der Waals surface area contributed by atoms with E-state index < -0.39 is 11.8 Å². The molecule has 4 aromatic rings. The van der Waals surface area contributed by atoms with E-state index in [1.165, 1.54) is 11.3 Å². The molecule has 0 spiro atoms. The van der Waals surface area contributed by atoms with Crippen LogP contribution in [0.3, 0.4) is 0 Å². The molecular weight excluding hydrogens is 474 g/mol. The lowest BCUT2D eigenvalue weighted by molar-refractivity contribution is -0.120. The zero-order valence-electron chi connectivity index (χ0n) is 19.2. The van der Waals surface area contributed by atoms with E-state index in [0.717, 1.165) is 27.1 Å². The van der Waals surface area contributed by atoms with Crippen LogP contribution in [0.2, 0.25) is 0 Å². The Kier molecular flexibility index (Phi) is 7.70. The van der Waals surface area contributed by atoms with E-state index in [4.69, 9.17) is 18.0 Å². The Morgan fingerprint density at radius 2 is 1.40 bits per heavy atom. The van der Waals surface area contributed by atoms with Gasteiger partial charge in [-0.25, -0.2) is 0 Å². The number of nitrogens with two attached hydrogens (primary N) is 1.